The van der Waals surface area contributed by atoms with Crippen LogP contribution in [0.25, 0.3) is 16.7 Å². The molecule has 1 aromatic carbocycles. The van der Waals surface area contributed by atoms with E-state index in [1.807, 2.05) is 29.1 Å². The van der Waals surface area contributed by atoms with Crippen molar-refractivity contribution in [2.45, 2.75) is 46.0 Å². The fraction of sp³-hybridized carbons (Fsp3) is 0.522. The molecular formula is C23H32N6. The molecule has 0 spiro atoms. The van der Waals surface area contributed by atoms with Crippen LogP contribution in [0.15, 0.2) is 36.5 Å². The molecule has 0 unspecified atom stereocenters. The lowest BCUT2D eigenvalue weighted by atomic mass is 10.2. The Morgan fingerprint density at radius 3 is 2.59 bits per heavy atom. The molecule has 1 fully saturated rings. The molecule has 2 aromatic heterocycles. The number of hydrogen-bond donors (Lipinski definition) is 0. The number of unbranched alkanes of at least 4 members (excludes halogenated alkanes) is 1. The maximum absolute atomic E-state index is 4.99. The number of aryl methyl sites for hydroxylation is 1. The van der Waals surface area contributed by atoms with Crippen LogP contribution in [0.5, 0.6) is 0 Å². The van der Waals surface area contributed by atoms with E-state index in [2.05, 4.69) is 40.9 Å². The molecule has 3 heterocycles. The average Bonchev–Trinajstić information content (AvgIpc) is 3.03. The summed E-state index contributed by atoms with van der Waals surface area (Å²) in [5, 5.41) is 5.73. The van der Waals surface area contributed by atoms with Crippen LogP contribution in [0, 0.1) is 0 Å². The van der Waals surface area contributed by atoms with E-state index in [-0.39, 0.29) is 0 Å². The smallest absolute Gasteiger partial charge is 0.168 e. The number of nitrogens with zero attached hydrogens (tertiary/aromatic N) is 6. The number of para-hydroxylation sites is 1. The van der Waals surface area contributed by atoms with Gasteiger partial charge in [-0.3, -0.25) is 0 Å². The van der Waals surface area contributed by atoms with E-state index < -0.39 is 0 Å². The van der Waals surface area contributed by atoms with Crippen molar-refractivity contribution in [3.8, 4) is 5.69 Å². The molecule has 3 aromatic rings. The highest BCUT2D eigenvalue weighted by molar-refractivity contribution is 5.88. The lowest BCUT2D eigenvalue weighted by Gasteiger charge is -2.23. The first-order valence-corrected chi connectivity index (χ1v) is 11.1. The van der Waals surface area contributed by atoms with Gasteiger partial charge < -0.3 is 9.80 Å². The van der Waals surface area contributed by atoms with E-state index in [0.29, 0.717) is 0 Å². The van der Waals surface area contributed by atoms with Crippen LogP contribution in [0.4, 0.5) is 5.82 Å². The van der Waals surface area contributed by atoms with Crippen molar-refractivity contribution >= 4 is 16.9 Å². The summed E-state index contributed by atoms with van der Waals surface area (Å²) in [6, 6.07) is 10.3. The Hall–Kier alpha value is -2.47. The third-order valence-electron chi connectivity index (χ3n) is 5.64. The van der Waals surface area contributed by atoms with Crippen molar-refractivity contribution in [2.24, 2.45) is 0 Å². The van der Waals surface area contributed by atoms with Gasteiger partial charge in [-0.25, -0.2) is 14.6 Å². The predicted octanol–water partition coefficient (Wildman–Crippen LogP) is 4.08. The molecule has 29 heavy (non-hydrogen) atoms. The normalized spacial score (nSPS) is 15.7. The van der Waals surface area contributed by atoms with Crippen molar-refractivity contribution in [3.05, 3.63) is 42.4 Å². The molecule has 4 rings (SSSR count). The highest BCUT2D eigenvalue weighted by atomic mass is 15.3. The van der Waals surface area contributed by atoms with Gasteiger partial charge in [-0.1, -0.05) is 38.5 Å². The number of benzene rings is 1. The summed E-state index contributed by atoms with van der Waals surface area (Å²) in [5.41, 5.74) is 1.95. The van der Waals surface area contributed by atoms with Crippen LogP contribution < -0.4 is 4.90 Å². The summed E-state index contributed by atoms with van der Waals surface area (Å²) in [7, 11) is 0. The second-order valence-corrected chi connectivity index (χ2v) is 7.88. The minimum Gasteiger partial charge on any atom is -0.355 e. The number of fused-ring (bicyclic) bond motifs is 1. The van der Waals surface area contributed by atoms with Crippen molar-refractivity contribution in [3.63, 3.8) is 0 Å². The molecule has 0 radical (unpaired) electrons. The Bertz CT molecular complexity index is 920. The Balaban J connectivity index is 1.69. The zero-order valence-corrected chi connectivity index (χ0v) is 17.7. The van der Waals surface area contributed by atoms with Crippen LogP contribution in [0.2, 0.25) is 0 Å². The first kappa shape index (κ1) is 19.8. The minimum absolute atomic E-state index is 0.888. The van der Waals surface area contributed by atoms with Crippen LogP contribution in [-0.2, 0) is 6.42 Å². The van der Waals surface area contributed by atoms with E-state index >= 15 is 0 Å². The maximum Gasteiger partial charge on any atom is 0.168 e. The Labute approximate surface area is 173 Å². The number of hydrogen-bond acceptors (Lipinski definition) is 5. The summed E-state index contributed by atoms with van der Waals surface area (Å²) in [5.74, 6) is 1.97. The van der Waals surface area contributed by atoms with E-state index in [9.17, 15) is 0 Å². The summed E-state index contributed by atoms with van der Waals surface area (Å²) < 4.78 is 1.95. The van der Waals surface area contributed by atoms with Gasteiger partial charge in [0.05, 0.1) is 17.3 Å². The Kier molecular flexibility index (Phi) is 6.39. The largest absolute Gasteiger partial charge is 0.355 e. The number of anilines is 1. The molecule has 0 aliphatic carbocycles. The highest BCUT2D eigenvalue weighted by Gasteiger charge is 2.21. The standard InChI is InChI=1S/C23H32N6/c1-3-5-13-27-14-9-15-28(17-16-27)22-20-18-24-29(19-11-7-6-8-12-19)23(20)26-21(25-22)10-4-2/h6-8,11-12,18H,3-5,9-10,13-17H2,1-2H3. The lowest BCUT2D eigenvalue weighted by Crippen LogP contribution is -2.32. The van der Waals surface area contributed by atoms with Gasteiger partial charge in [-0.15, -0.1) is 0 Å². The molecule has 1 aliphatic heterocycles. The quantitative estimate of drug-likeness (QED) is 0.606. The van der Waals surface area contributed by atoms with Gasteiger partial charge in [0, 0.05) is 26.1 Å². The molecule has 0 atom stereocenters. The van der Waals surface area contributed by atoms with Gasteiger partial charge in [0.1, 0.15) is 11.6 Å². The third kappa shape index (κ3) is 4.42. The van der Waals surface area contributed by atoms with Gasteiger partial charge in [0.15, 0.2) is 5.65 Å². The minimum atomic E-state index is 0.888. The van der Waals surface area contributed by atoms with E-state index in [1.54, 1.807) is 0 Å². The lowest BCUT2D eigenvalue weighted by molar-refractivity contribution is 0.289. The predicted molar refractivity (Wildman–Crippen MR) is 119 cm³/mol. The summed E-state index contributed by atoms with van der Waals surface area (Å²) in [6.45, 7) is 9.98. The first-order chi connectivity index (χ1) is 14.3. The van der Waals surface area contributed by atoms with Crippen molar-refractivity contribution in [1.29, 1.82) is 0 Å². The van der Waals surface area contributed by atoms with Crippen LogP contribution >= 0.6 is 0 Å². The van der Waals surface area contributed by atoms with Crippen molar-refractivity contribution in [1.82, 2.24) is 24.6 Å². The van der Waals surface area contributed by atoms with Crippen LogP contribution in [0.3, 0.4) is 0 Å². The SMILES string of the molecule is CCCCN1CCCN(c2nc(CCC)nc3c2cnn3-c2ccccc2)CC1. The molecule has 0 bridgehead atoms. The Morgan fingerprint density at radius 1 is 0.931 bits per heavy atom. The summed E-state index contributed by atoms with van der Waals surface area (Å²) in [6.07, 6.45) is 7.57. The van der Waals surface area contributed by atoms with Gasteiger partial charge >= 0.3 is 0 Å². The Morgan fingerprint density at radius 2 is 1.79 bits per heavy atom. The topological polar surface area (TPSA) is 50.1 Å². The van der Waals surface area contributed by atoms with Crippen LogP contribution in [-0.4, -0.2) is 57.4 Å². The molecule has 0 N–H and O–H groups in total. The average molecular weight is 393 g/mol. The molecule has 6 heteroatoms. The second kappa shape index (κ2) is 9.35. The highest BCUT2D eigenvalue weighted by Crippen LogP contribution is 2.27. The molecule has 6 nitrogen and oxygen atoms in total. The van der Waals surface area contributed by atoms with E-state index in [4.69, 9.17) is 9.97 Å². The molecule has 0 saturated carbocycles. The zero-order chi connectivity index (χ0) is 20.1. The maximum atomic E-state index is 4.99. The molecular weight excluding hydrogens is 360 g/mol. The fourth-order valence-electron chi connectivity index (χ4n) is 4.06. The number of aromatic nitrogens is 4. The molecule has 1 saturated heterocycles. The number of rotatable bonds is 7. The second-order valence-electron chi connectivity index (χ2n) is 7.88. The molecule has 1 aliphatic rings. The third-order valence-corrected chi connectivity index (χ3v) is 5.64. The molecule has 0 amide bonds. The summed E-state index contributed by atoms with van der Waals surface area (Å²) in [4.78, 5) is 14.9. The van der Waals surface area contributed by atoms with Crippen molar-refractivity contribution < 1.29 is 0 Å². The van der Waals surface area contributed by atoms with Crippen molar-refractivity contribution in [2.75, 3.05) is 37.6 Å². The monoisotopic (exact) mass is 392 g/mol. The van der Waals surface area contributed by atoms with Crippen LogP contribution in [0.1, 0.15) is 45.4 Å². The van der Waals surface area contributed by atoms with Gasteiger partial charge in [-0.2, -0.15) is 5.10 Å². The van der Waals surface area contributed by atoms with Gasteiger partial charge in [0.2, 0.25) is 0 Å². The van der Waals surface area contributed by atoms with E-state index in [1.165, 1.54) is 32.4 Å². The summed E-state index contributed by atoms with van der Waals surface area (Å²) >= 11 is 0. The zero-order valence-electron chi connectivity index (χ0n) is 17.7. The first-order valence-electron chi connectivity index (χ1n) is 11.1. The van der Waals surface area contributed by atoms with Gasteiger partial charge in [0.25, 0.3) is 0 Å². The van der Waals surface area contributed by atoms with E-state index in [0.717, 1.165) is 60.8 Å². The van der Waals surface area contributed by atoms with Gasteiger partial charge in [-0.05, 0) is 44.5 Å². The molecule has 154 valence electrons. The fourth-order valence-corrected chi connectivity index (χ4v) is 4.06.